The number of hydrogen-bond acceptors (Lipinski definition) is 3. The molecule has 0 fully saturated rings. The summed E-state index contributed by atoms with van der Waals surface area (Å²) in [6, 6.07) is 2.87. The van der Waals surface area contributed by atoms with Gasteiger partial charge in [-0.15, -0.1) is 0 Å². The molecular weight excluding hydrogens is 319 g/mol. The van der Waals surface area contributed by atoms with E-state index in [-0.39, 0.29) is 11.6 Å². The topological polar surface area (TPSA) is 84.7 Å². The van der Waals surface area contributed by atoms with Gasteiger partial charge in [-0.3, -0.25) is 4.79 Å². The zero-order valence-electron chi connectivity index (χ0n) is 15.2. The van der Waals surface area contributed by atoms with Crippen molar-refractivity contribution in [1.82, 2.24) is 4.90 Å². The number of anilines is 1. The number of benzene rings is 1. The quantitative estimate of drug-likeness (QED) is 0.500. The molecule has 1 aliphatic heterocycles. The maximum Gasteiger partial charge on any atom is 0.254 e. The molecule has 134 valence electrons. The molecule has 0 aromatic heterocycles. The molecular formula is C19H25FN4O. The molecule has 0 radical (unpaired) electrons. The first-order valence-corrected chi connectivity index (χ1v) is 8.38. The van der Waals surface area contributed by atoms with Gasteiger partial charge in [0.2, 0.25) is 0 Å². The molecule has 0 aliphatic carbocycles. The minimum Gasteiger partial charge on any atom is -0.396 e. The lowest BCUT2D eigenvalue weighted by Gasteiger charge is -2.29. The lowest BCUT2D eigenvalue weighted by molar-refractivity contribution is -0.124. The van der Waals surface area contributed by atoms with Crippen LogP contribution in [0.4, 0.5) is 10.1 Å². The van der Waals surface area contributed by atoms with E-state index >= 15 is 0 Å². The first-order chi connectivity index (χ1) is 11.8. The number of aryl methyl sites for hydroxylation is 1. The van der Waals surface area contributed by atoms with Crippen LogP contribution in [0, 0.1) is 12.7 Å². The molecule has 1 amide bonds. The summed E-state index contributed by atoms with van der Waals surface area (Å²) < 4.78 is 13.7. The van der Waals surface area contributed by atoms with Gasteiger partial charge in [-0.05, 0) is 55.7 Å². The van der Waals surface area contributed by atoms with Crippen molar-refractivity contribution in [2.24, 2.45) is 10.7 Å². The highest BCUT2D eigenvalue weighted by molar-refractivity contribution is 6.21. The van der Waals surface area contributed by atoms with Crippen LogP contribution in [-0.4, -0.2) is 29.7 Å². The second-order valence-corrected chi connectivity index (χ2v) is 6.13. The van der Waals surface area contributed by atoms with E-state index in [9.17, 15) is 9.18 Å². The molecule has 25 heavy (non-hydrogen) atoms. The predicted octanol–water partition coefficient (Wildman–Crippen LogP) is 3.00. The first kappa shape index (κ1) is 18.7. The van der Waals surface area contributed by atoms with Gasteiger partial charge in [0.1, 0.15) is 5.82 Å². The fourth-order valence-corrected chi connectivity index (χ4v) is 2.74. The molecule has 0 atom stereocenters. The van der Waals surface area contributed by atoms with Gasteiger partial charge in [-0.2, -0.15) is 0 Å². The number of nitrogen functional groups attached to an aromatic ring is 1. The van der Waals surface area contributed by atoms with Crippen LogP contribution in [0.3, 0.4) is 0 Å². The van der Waals surface area contributed by atoms with Gasteiger partial charge in [0.15, 0.2) is 0 Å². The van der Waals surface area contributed by atoms with Gasteiger partial charge in [0.25, 0.3) is 5.91 Å². The zero-order valence-corrected chi connectivity index (χ0v) is 15.2. The van der Waals surface area contributed by atoms with E-state index in [1.165, 1.54) is 12.1 Å². The molecule has 0 saturated carbocycles. The summed E-state index contributed by atoms with van der Waals surface area (Å²) in [5.74, 6) is -0.0348. The van der Waals surface area contributed by atoms with Crippen molar-refractivity contribution in [2.45, 2.75) is 34.1 Å². The monoisotopic (exact) mass is 344 g/mol. The summed E-state index contributed by atoms with van der Waals surface area (Å²) in [7, 11) is 0. The molecule has 0 bridgehead atoms. The molecule has 1 heterocycles. The van der Waals surface area contributed by atoms with Crippen LogP contribution >= 0.6 is 0 Å². The summed E-state index contributed by atoms with van der Waals surface area (Å²) in [5, 5.41) is 0. The van der Waals surface area contributed by atoms with Gasteiger partial charge in [-0.1, -0.05) is 6.92 Å². The van der Waals surface area contributed by atoms with E-state index in [2.05, 4.69) is 4.99 Å². The van der Waals surface area contributed by atoms with Crippen LogP contribution < -0.4 is 11.5 Å². The van der Waals surface area contributed by atoms with E-state index in [0.717, 1.165) is 11.3 Å². The van der Waals surface area contributed by atoms with E-state index in [4.69, 9.17) is 11.5 Å². The normalized spacial score (nSPS) is 17.6. The van der Waals surface area contributed by atoms with Crippen molar-refractivity contribution in [3.63, 3.8) is 0 Å². The van der Waals surface area contributed by atoms with E-state index in [1.54, 1.807) is 11.8 Å². The van der Waals surface area contributed by atoms with Crippen molar-refractivity contribution < 1.29 is 9.18 Å². The molecule has 4 N–H and O–H groups in total. The number of carbonyl (C=O) groups excluding carboxylic acids is 1. The summed E-state index contributed by atoms with van der Waals surface area (Å²) >= 11 is 0. The number of allylic oxidation sites excluding steroid dienone is 1. The fourth-order valence-electron chi connectivity index (χ4n) is 2.74. The van der Waals surface area contributed by atoms with Crippen LogP contribution in [-0.2, 0) is 4.79 Å². The smallest absolute Gasteiger partial charge is 0.254 e. The number of aliphatic imine (C=N–C) groups is 1. The highest BCUT2D eigenvalue weighted by Crippen LogP contribution is 2.30. The number of amides is 1. The average Bonchev–Trinajstić information content (AvgIpc) is 2.58. The Kier molecular flexibility index (Phi) is 5.62. The number of hydrogen-bond donors (Lipinski definition) is 2. The van der Waals surface area contributed by atoms with Crippen molar-refractivity contribution in [1.29, 1.82) is 0 Å². The second kappa shape index (κ2) is 7.51. The second-order valence-electron chi connectivity index (χ2n) is 6.13. The predicted molar refractivity (Wildman–Crippen MR) is 100 cm³/mol. The van der Waals surface area contributed by atoms with Crippen molar-refractivity contribution in [3.05, 3.63) is 46.4 Å². The number of nitrogens with zero attached hydrogens (tertiary/aromatic N) is 2. The Balaban J connectivity index is 2.63. The number of likely N-dealkylation sites (N-methyl/N-ethyl adjacent to an activating group) is 1. The molecule has 0 saturated heterocycles. The van der Waals surface area contributed by atoms with Gasteiger partial charge >= 0.3 is 0 Å². The average molecular weight is 344 g/mol. The molecule has 1 aromatic carbocycles. The third-order valence-corrected chi connectivity index (χ3v) is 4.35. The molecule has 6 heteroatoms. The summed E-state index contributed by atoms with van der Waals surface area (Å²) in [4.78, 5) is 18.9. The minimum atomic E-state index is -0.482. The molecule has 1 aromatic rings. The summed E-state index contributed by atoms with van der Waals surface area (Å²) in [6.45, 7) is 8.53. The Labute approximate surface area is 147 Å². The van der Waals surface area contributed by atoms with Crippen LogP contribution in [0.15, 0.2) is 34.5 Å². The van der Waals surface area contributed by atoms with E-state index in [0.29, 0.717) is 42.0 Å². The van der Waals surface area contributed by atoms with Crippen molar-refractivity contribution >= 4 is 23.0 Å². The van der Waals surface area contributed by atoms with Crippen LogP contribution in [0.5, 0.6) is 0 Å². The Morgan fingerprint density at radius 3 is 2.64 bits per heavy atom. The molecule has 5 nitrogen and oxygen atoms in total. The highest BCUT2D eigenvalue weighted by atomic mass is 19.1. The van der Waals surface area contributed by atoms with Crippen LogP contribution in [0.25, 0.3) is 5.57 Å². The minimum absolute atomic E-state index is 0.0263. The number of nitrogens with two attached hydrogens (primary N) is 2. The molecule has 0 unspecified atom stereocenters. The Morgan fingerprint density at radius 2 is 2.04 bits per heavy atom. The SMILES string of the molecule is CCC(N)=N/C(C)=C1/C=C(c2cc(N)c(F)cc2C)C(=O)N(CC)C1. The maximum absolute atomic E-state index is 13.7. The maximum atomic E-state index is 13.7. The summed E-state index contributed by atoms with van der Waals surface area (Å²) in [5.41, 5.74) is 15.1. The van der Waals surface area contributed by atoms with E-state index < -0.39 is 5.82 Å². The number of halogens is 1. The standard InChI is InChI=1S/C19H25FN4O/c1-5-18(22)23-12(4)13-8-15(19(25)24(6-2)10-13)14-9-17(21)16(20)7-11(14)3/h7-9H,5-6,10,21H2,1-4H3,(H2,22,23)/b13-12-. The lowest BCUT2D eigenvalue weighted by Crippen LogP contribution is -2.36. The van der Waals surface area contributed by atoms with Crippen molar-refractivity contribution in [2.75, 3.05) is 18.8 Å². The van der Waals surface area contributed by atoms with Gasteiger partial charge in [0, 0.05) is 30.8 Å². The van der Waals surface area contributed by atoms with Gasteiger partial charge in [-0.25, -0.2) is 9.38 Å². The number of amidine groups is 1. The number of rotatable bonds is 4. The third-order valence-electron chi connectivity index (χ3n) is 4.35. The summed E-state index contributed by atoms with van der Waals surface area (Å²) in [6.07, 6.45) is 2.47. The fraction of sp³-hybridized carbons (Fsp3) is 0.368. The Hall–Kier alpha value is -2.63. The first-order valence-electron chi connectivity index (χ1n) is 8.38. The van der Waals surface area contributed by atoms with Gasteiger partial charge < -0.3 is 16.4 Å². The lowest BCUT2D eigenvalue weighted by atomic mass is 9.93. The van der Waals surface area contributed by atoms with Crippen LogP contribution in [0.2, 0.25) is 0 Å². The Bertz CT molecular complexity index is 793. The van der Waals surface area contributed by atoms with Crippen molar-refractivity contribution in [3.8, 4) is 0 Å². The third kappa shape index (κ3) is 3.90. The van der Waals surface area contributed by atoms with Gasteiger partial charge in [0.05, 0.1) is 11.5 Å². The molecule has 2 rings (SSSR count). The highest BCUT2D eigenvalue weighted by Gasteiger charge is 2.26. The number of carbonyl (C=O) groups is 1. The molecule has 0 spiro atoms. The Morgan fingerprint density at radius 1 is 1.36 bits per heavy atom. The largest absolute Gasteiger partial charge is 0.396 e. The molecule has 1 aliphatic rings. The van der Waals surface area contributed by atoms with Crippen LogP contribution in [0.1, 0.15) is 38.3 Å². The van der Waals surface area contributed by atoms with E-state index in [1.807, 2.05) is 26.8 Å². The zero-order chi connectivity index (χ0) is 18.7.